The van der Waals surface area contributed by atoms with Gasteiger partial charge in [-0.1, -0.05) is 0 Å². The van der Waals surface area contributed by atoms with Crippen molar-refractivity contribution >= 4 is 17.9 Å². The first kappa shape index (κ1) is 21.5. The molecule has 8 heteroatoms. The molecule has 2 rings (SSSR count). The van der Waals surface area contributed by atoms with E-state index in [2.05, 4.69) is 16.4 Å². The van der Waals surface area contributed by atoms with E-state index in [-0.39, 0.29) is 11.6 Å². The molecule has 1 N–H and O–H groups in total. The third kappa shape index (κ3) is 5.59. The van der Waals surface area contributed by atoms with E-state index in [1.54, 1.807) is 48.5 Å². The number of hydrogen-bond donors (Lipinski definition) is 1. The number of ether oxygens (including phenoxy) is 2. The molecule has 1 aromatic rings. The summed E-state index contributed by atoms with van der Waals surface area (Å²) in [4.78, 5) is 30.5. The number of carbonyl (C=O) groups is 2. The highest BCUT2D eigenvalue weighted by atomic mass is 16.6. The Morgan fingerprint density at radius 1 is 1.18 bits per heavy atom. The van der Waals surface area contributed by atoms with Gasteiger partial charge in [-0.3, -0.25) is 0 Å². The fraction of sp³-hybridized carbons (Fsp3) is 0.600. The van der Waals surface area contributed by atoms with Crippen molar-refractivity contribution < 1.29 is 19.1 Å². The van der Waals surface area contributed by atoms with Crippen molar-refractivity contribution in [2.45, 2.75) is 65.7 Å². The highest BCUT2D eigenvalue weighted by Crippen LogP contribution is 2.26. The molecule has 0 saturated carbocycles. The molecule has 0 bridgehead atoms. The molecule has 1 aliphatic rings. The first-order chi connectivity index (χ1) is 12.8. The van der Waals surface area contributed by atoms with Crippen LogP contribution in [0.5, 0.6) is 0 Å². The van der Waals surface area contributed by atoms with Crippen LogP contribution in [0.25, 0.3) is 0 Å². The monoisotopic (exact) mass is 388 g/mol. The number of rotatable bonds is 3. The molecule has 2 heterocycles. The summed E-state index contributed by atoms with van der Waals surface area (Å²) in [6.07, 6.45) is -0.470. The molecule has 0 aromatic carbocycles. The van der Waals surface area contributed by atoms with Gasteiger partial charge in [0.2, 0.25) is 0 Å². The van der Waals surface area contributed by atoms with Crippen molar-refractivity contribution in [1.82, 2.24) is 10.3 Å². The lowest BCUT2D eigenvalue weighted by Crippen LogP contribution is -2.60. The quantitative estimate of drug-likeness (QED) is 0.794. The topological polar surface area (TPSA) is 105 Å². The van der Waals surface area contributed by atoms with Crippen LogP contribution in [-0.4, -0.2) is 47.4 Å². The van der Waals surface area contributed by atoms with Gasteiger partial charge < -0.3 is 19.7 Å². The van der Waals surface area contributed by atoms with Gasteiger partial charge in [-0.25, -0.2) is 14.6 Å². The Bertz CT molecular complexity index is 809. The number of anilines is 1. The second-order valence-electron chi connectivity index (χ2n) is 8.85. The maximum Gasteiger partial charge on any atom is 0.407 e. The summed E-state index contributed by atoms with van der Waals surface area (Å²) in [7, 11) is 0. The minimum absolute atomic E-state index is 0.0889. The summed E-state index contributed by atoms with van der Waals surface area (Å²) in [5.41, 5.74) is -0.127. The fourth-order valence-corrected chi connectivity index (χ4v) is 2.67. The number of alkyl carbamates (subject to hydrolysis) is 1. The van der Waals surface area contributed by atoms with Gasteiger partial charge in [0, 0.05) is 13.1 Å². The SMILES string of the molecule is Cc1nc(N2CC(NC(=O)OC(C)(C)C)C2)c(C#N)cc1C(=O)OC(C)(C)C. The van der Waals surface area contributed by atoms with Crippen LogP contribution < -0.4 is 10.2 Å². The normalized spacial score (nSPS) is 14.7. The van der Waals surface area contributed by atoms with E-state index >= 15 is 0 Å². The summed E-state index contributed by atoms with van der Waals surface area (Å²) in [5, 5.41) is 12.3. The molecule has 0 atom stereocenters. The fourth-order valence-electron chi connectivity index (χ4n) is 2.67. The molecule has 0 aliphatic carbocycles. The lowest BCUT2D eigenvalue weighted by Gasteiger charge is -2.41. The van der Waals surface area contributed by atoms with Crippen LogP contribution in [0.15, 0.2) is 6.07 Å². The van der Waals surface area contributed by atoms with E-state index in [0.717, 1.165) is 0 Å². The van der Waals surface area contributed by atoms with E-state index in [9.17, 15) is 14.9 Å². The molecule has 1 amide bonds. The minimum atomic E-state index is -0.632. The zero-order valence-electron chi connectivity index (χ0n) is 17.5. The van der Waals surface area contributed by atoms with Crippen LogP contribution in [0.1, 0.15) is 63.2 Å². The van der Waals surface area contributed by atoms with Crippen LogP contribution in [0, 0.1) is 18.3 Å². The average Bonchev–Trinajstić information content (AvgIpc) is 2.46. The lowest BCUT2D eigenvalue weighted by atomic mass is 10.1. The number of nitriles is 1. The molecular formula is C20H28N4O4. The zero-order valence-corrected chi connectivity index (χ0v) is 17.5. The van der Waals surface area contributed by atoms with Crippen molar-refractivity contribution in [3.05, 3.63) is 22.9 Å². The molecule has 28 heavy (non-hydrogen) atoms. The van der Waals surface area contributed by atoms with Gasteiger partial charge in [0.25, 0.3) is 0 Å². The van der Waals surface area contributed by atoms with E-state index < -0.39 is 23.3 Å². The second-order valence-corrected chi connectivity index (χ2v) is 8.85. The molecular weight excluding hydrogens is 360 g/mol. The standard InChI is InChI=1S/C20H28N4O4/c1-12-15(17(25)27-19(2,3)4)8-13(9-21)16(22-12)24-10-14(11-24)23-18(26)28-20(5,6)7/h8,14H,10-11H2,1-7H3,(H,23,26). The van der Waals surface area contributed by atoms with E-state index in [1.165, 1.54) is 6.07 Å². The van der Waals surface area contributed by atoms with Gasteiger partial charge in [0.1, 0.15) is 23.1 Å². The van der Waals surface area contributed by atoms with Crippen LogP contribution >= 0.6 is 0 Å². The number of aromatic nitrogens is 1. The Kier molecular flexibility index (Phi) is 5.88. The number of pyridine rings is 1. The van der Waals surface area contributed by atoms with Crippen LogP contribution in [0.4, 0.5) is 10.6 Å². The number of carbonyl (C=O) groups excluding carboxylic acids is 2. The van der Waals surface area contributed by atoms with Gasteiger partial charge in [-0.05, 0) is 54.5 Å². The maximum atomic E-state index is 12.4. The third-order valence-corrected chi connectivity index (χ3v) is 3.83. The molecule has 1 aliphatic heterocycles. The third-order valence-electron chi connectivity index (χ3n) is 3.83. The van der Waals surface area contributed by atoms with Crippen molar-refractivity contribution in [3.63, 3.8) is 0 Å². The van der Waals surface area contributed by atoms with Crippen molar-refractivity contribution in [2.24, 2.45) is 0 Å². The lowest BCUT2D eigenvalue weighted by molar-refractivity contribution is 0.00678. The first-order valence-electron chi connectivity index (χ1n) is 9.18. The molecule has 0 unspecified atom stereocenters. The largest absolute Gasteiger partial charge is 0.456 e. The Balaban J connectivity index is 2.08. The minimum Gasteiger partial charge on any atom is -0.456 e. The highest BCUT2D eigenvalue weighted by molar-refractivity contribution is 5.92. The highest BCUT2D eigenvalue weighted by Gasteiger charge is 2.33. The van der Waals surface area contributed by atoms with Crippen molar-refractivity contribution in [1.29, 1.82) is 5.26 Å². The summed E-state index contributed by atoms with van der Waals surface area (Å²) in [6, 6.07) is 3.52. The van der Waals surface area contributed by atoms with Gasteiger partial charge in [0.05, 0.1) is 22.9 Å². The number of aryl methyl sites for hydroxylation is 1. The molecule has 1 aromatic heterocycles. The van der Waals surface area contributed by atoms with Gasteiger partial charge in [-0.2, -0.15) is 5.26 Å². The van der Waals surface area contributed by atoms with Crippen molar-refractivity contribution in [2.75, 3.05) is 18.0 Å². The smallest absolute Gasteiger partial charge is 0.407 e. The number of esters is 1. The van der Waals surface area contributed by atoms with Gasteiger partial charge in [0.15, 0.2) is 0 Å². The van der Waals surface area contributed by atoms with Gasteiger partial charge in [-0.15, -0.1) is 0 Å². The molecule has 1 saturated heterocycles. The molecule has 152 valence electrons. The van der Waals surface area contributed by atoms with Crippen LogP contribution in [-0.2, 0) is 9.47 Å². The molecule has 0 spiro atoms. The molecule has 1 fully saturated rings. The first-order valence-corrected chi connectivity index (χ1v) is 9.18. The number of nitrogens with zero attached hydrogens (tertiary/aromatic N) is 3. The predicted molar refractivity (Wildman–Crippen MR) is 104 cm³/mol. The van der Waals surface area contributed by atoms with E-state index in [0.29, 0.717) is 30.2 Å². The maximum absolute atomic E-state index is 12.4. The Morgan fingerprint density at radius 2 is 1.75 bits per heavy atom. The van der Waals surface area contributed by atoms with Crippen LogP contribution in [0.2, 0.25) is 0 Å². The zero-order chi connectivity index (χ0) is 21.3. The Morgan fingerprint density at radius 3 is 2.25 bits per heavy atom. The number of hydrogen-bond acceptors (Lipinski definition) is 7. The average molecular weight is 388 g/mol. The second kappa shape index (κ2) is 7.66. The Hall–Kier alpha value is -2.82. The van der Waals surface area contributed by atoms with Crippen molar-refractivity contribution in [3.8, 4) is 6.07 Å². The van der Waals surface area contributed by atoms with E-state index in [4.69, 9.17) is 9.47 Å². The summed E-state index contributed by atoms with van der Waals surface area (Å²) in [6.45, 7) is 13.5. The number of nitrogens with one attached hydrogen (secondary N) is 1. The van der Waals surface area contributed by atoms with E-state index in [1.807, 2.05) is 4.90 Å². The predicted octanol–water partition coefficient (Wildman–Crippen LogP) is 2.93. The summed E-state index contributed by atoms with van der Waals surface area (Å²) in [5.74, 6) is -0.0109. The molecule has 0 radical (unpaired) electrons. The number of amides is 1. The molecule has 8 nitrogen and oxygen atoms in total. The van der Waals surface area contributed by atoms with Crippen LogP contribution in [0.3, 0.4) is 0 Å². The Labute approximate surface area is 165 Å². The van der Waals surface area contributed by atoms with Gasteiger partial charge >= 0.3 is 12.1 Å². The summed E-state index contributed by atoms with van der Waals surface area (Å²) < 4.78 is 10.6. The summed E-state index contributed by atoms with van der Waals surface area (Å²) >= 11 is 0.